The van der Waals surface area contributed by atoms with Gasteiger partial charge in [0.05, 0.1) is 0 Å². The molecule has 0 bridgehead atoms. The summed E-state index contributed by atoms with van der Waals surface area (Å²) in [5.41, 5.74) is 2.56. The van der Waals surface area contributed by atoms with Gasteiger partial charge in [-0.25, -0.2) is 0 Å². The quantitative estimate of drug-likeness (QED) is 0.703. The van der Waals surface area contributed by atoms with Crippen LogP contribution in [0, 0.1) is 0 Å². The Hall–Kier alpha value is -2.29. The first-order valence-corrected chi connectivity index (χ1v) is 8.80. The Morgan fingerprint density at radius 3 is 2.33 bits per heavy atom. The molecule has 2 aromatic rings. The van der Waals surface area contributed by atoms with Gasteiger partial charge in [0.25, 0.3) is 5.91 Å². The van der Waals surface area contributed by atoms with Crippen LogP contribution in [0.1, 0.15) is 37.8 Å². The van der Waals surface area contributed by atoms with Gasteiger partial charge in [-0.2, -0.15) is 0 Å². The highest BCUT2D eigenvalue weighted by atomic mass is 16.5. The number of carbonyl (C=O) groups excluding carboxylic acids is 1. The predicted octanol–water partition coefficient (Wildman–Crippen LogP) is 4.16. The van der Waals surface area contributed by atoms with E-state index in [0.29, 0.717) is 13.0 Å². The summed E-state index contributed by atoms with van der Waals surface area (Å²) in [6, 6.07) is 18.3. The van der Waals surface area contributed by atoms with Gasteiger partial charge in [-0.3, -0.25) is 4.79 Å². The molecule has 0 spiro atoms. The van der Waals surface area contributed by atoms with Crippen molar-refractivity contribution in [1.29, 1.82) is 0 Å². The van der Waals surface area contributed by atoms with E-state index >= 15 is 0 Å². The largest absolute Gasteiger partial charge is 0.481 e. The number of amides is 1. The summed E-state index contributed by atoms with van der Waals surface area (Å²) in [5, 5.41) is 2.98. The van der Waals surface area contributed by atoms with Crippen molar-refractivity contribution in [3.05, 3.63) is 65.7 Å². The Labute approximate surface area is 145 Å². The summed E-state index contributed by atoms with van der Waals surface area (Å²) in [5.74, 6) is 0.712. The lowest BCUT2D eigenvalue weighted by molar-refractivity contribution is -0.128. The minimum atomic E-state index is -0.436. The summed E-state index contributed by atoms with van der Waals surface area (Å²) < 4.78 is 5.83. The van der Waals surface area contributed by atoms with E-state index in [1.165, 1.54) is 11.1 Å². The van der Waals surface area contributed by atoms with Gasteiger partial charge in [0, 0.05) is 6.54 Å². The fourth-order valence-electron chi connectivity index (χ4n) is 2.55. The molecule has 2 aromatic carbocycles. The fourth-order valence-corrected chi connectivity index (χ4v) is 2.55. The van der Waals surface area contributed by atoms with E-state index in [0.717, 1.165) is 25.0 Å². The molecule has 1 N–H and O–H groups in total. The molecule has 2 rings (SSSR count). The molecular formula is C21H27NO2. The van der Waals surface area contributed by atoms with E-state index in [1.807, 2.05) is 49.4 Å². The third kappa shape index (κ3) is 5.73. The van der Waals surface area contributed by atoms with Crippen molar-refractivity contribution in [3.63, 3.8) is 0 Å². The number of aryl methyl sites for hydroxylation is 2. The van der Waals surface area contributed by atoms with Gasteiger partial charge in [-0.05, 0) is 48.9 Å². The summed E-state index contributed by atoms with van der Waals surface area (Å²) >= 11 is 0. The lowest BCUT2D eigenvalue weighted by Crippen LogP contribution is -2.38. The van der Waals surface area contributed by atoms with Gasteiger partial charge in [0.1, 0.15) is 5.75 Å². The molecule has 0 saturated carbocycles. The van der Waals surface area contributed by atoms with Gasteiger partial charge in [0.15, 0.2) is 6.10 Å². The van der Waals surface area contributed by atoms with E-state index in [-0.39, 0.29) is 5.91 Å². The molecule has 0 aliphatic carbocycles. The van der Waals surface area contributed by atoms with Crippen LogP contribution in [-0.4, -0.2) is 18.6 Å². The lowest BCUT2D eigenvalue weighted by Gasteiger charge is -2.17. The second-order valence-corrected chi connectivity index (χ2v) is 5.89. The van der Waals surface area contributed by atoms with Crippen molar-refractivity contribution in [2.45, 2.75) is 45.6 Å². The van der Waals surface area contributed by atoms with Crippen molar-refractivity contribution in [3.8, 4) is 5.75 Å². The van der Waals surface area contributed by atoms with Crippen LogP contribution in [0.2, 0.25) is 0 Å². The second-order valence-electron chi connectivity index (χ2n) is 5.89. The zero-order valence-electron chi connectivity index (χ0n) is 14.6. The Kier molecular flexibility index (Phi) is 7.34. The van der Waals surface area contributed by atoms with E-state index in [9.17, 15) is 4.79 Å². The Morgan fingerprint density at radius 1 is 1.00 bits per heavy atom. The molecule has 0 heterocycles. The van der Waals surface area contributed by atoms with Crippen LogP contribution >= 0.6 is 0 Å². The third-order valence-corrected chi connectivity index (χ3v) is 4.06. The topological polar surface area (TPSA) is 38.3 Å². The maximum atomic E-state index is 12.3. The highest BCUT2D eigenvalue weighted by Crippen LogP contribution is 2.15. The van der Waals surface area contributed by atoms with Crippen LogP contribution in [0.5, 0.6) is 5.75 Å². The van der Waals surface area contributed by atoms with E-state index < -0.39 is 6.10 Å². The molecule has 128 valence electrons. The van der Waals surface area contributed by atoms with Gasteiger partial charge < -0.3 is 10.1 Å². The predicted molar refractivity (Wildman–Crippen MR) is 98.3 cm³/mol. The molecule has 1 amide bonds. The number of carbonyl (C=O) groups is 1. The highest BCUT2D eigenvalue weighted by molar-refractivity contribution is 5.81. The number of benzene rings is 2. The molecule has 0 unspecified atom stereocenters. The molecular weight excluding hydrogens is 298 g/mol. The van der Waals surface area contributed by atoms with Gasteiger partial charge in [0.2, 0.25) is 0 Å². The van der Waals surface area contributed by atoms with Crippen LogP contribution in [-0.2, 0) is 17.6 Å². The van der Waals surface area contributed by atoms with Crippen molar-refractivity contribution >= 4 is 5.91 Å². The standard InChI is InChI=1S/C21H27NO2/c1-3-17-12-14-19(15-13-17)24-20(4-2)21(23)22-16-8-11-18-9-6-5-7-10-18/h5-7,9-10,12-15,20H,3-4,8,11,16H2,1-2H3,(H,22,23)/t20-/m1/s1. The highest BCUT2D eigenvalue weighted by Gasteiger charge is 2.17. The monoisotopic (exact) mass is 325 g/mol. The smallest absolute Gasteiger partial charge is 0.261 e. The first-order valence-electron chi connectivity index (χ1n) is 8.80. The Bertz CT molecular complexity index is 607. The molecule has 0 aromatic heterocycles. The van der Waals surface area contributed by atoms with E-state index in [4.69, 9.17) is 4.74 Å². The zero-order valence-corrected chi connectivity index (χ0v) is 14.6. The maximum absolute atomic E-state index is 12.3. The van der Waals surface area contributed by atoms with Crippen molar-refractivity contribution in [2.75, 3.05) is 6.54 Å². The molecule has 0 fully saturated rings. The van der Waals surface area contributed by atoms with Gasteiger partial charge >= 0.3 is 0 Å². The van der Waals surface area contributed by atoms with E-state index in [1.54, 1.807) is 0 Å². The summed E-state index contributed by atoms with van der Waals surface area (Å²) in [6.45, 7) is 4.75. The minimum Gasteiger partial charge on any atom is -0.481 e. The molecule has 0 saturated heterocycles. The fraction of sp³-hybridized carbons (Fsp3) is 0.381. The summed E-state index contributed by atoms with van der Waals surface area (Å²) in [7, 11) is 0. The lowest BCUT2D eigenvalue weighted by atomic mass is 10.1. The SMILES string of the molecule is CCc1ccc(O[C@H](CC)C(=O)NCCCc2ccccc2)cc1. The summed E-state index contributed by atoms with van der Waals surface area (Å²) in [4.78, 5) is 12.3. The Morgan fingerprint density at radius 2 is 1.71 bits per heavy atom. The zero-order chi connectivity index (χ0) is 17.2. The van der Waals surface area contributed by atoms with Crippen LogP contribution in [0.3, 0.4) is 0 Å². The molecule has 3 nitrogen and oxygen atoms in total. The van der Waals surface area contributed by atoms with Crippen molar-refractivity contribution in [1.82, 2.24) is 5.32 Å². The van der Waals surface area contributed by atoms with Crippen LogP contribution in [0.25, 0.3) is 0 Å². The maximum Gasteiger partial charge on any atom is 0.261 e. The molecule has 3 heteroatoms. The molecule has 0 aliphatic rings. The van der Waals surface area contributed by atoms with Gasteiger partial charge in [-0.15, -0.1) is 0 Å². The number of hydrogen-bond donors (Lipinski definition) is 1. The second kappa shape index (κ2) is 9.76. The van der Waals surface area contributed by atoms with Crippen molar-refractivity contribution < 1.29 is 9.53 Å². The first-order chi connectivity index (χ1) is 11.7. The van der Waals surface area contributed by atoms with Crippen molar-refractivity contribution in [2.24, 2.45) is 0 Å². The van der Waals surface area contributed by atoms with Gasteiger partial charge in [-0.1, -0.05) is 56.3 Å². The van der Waals surface area contributed by atoms with Crippen LogP contribution < -0.4 is 10.1 Å². The normalized spacial score (nSPS) is 11.8. The van der Waals surface area contributed by atoms with Crippen LogP contribution in [0.15, 0.2) is 54.6 Å². The Balaban J connectivity index is 1.76. The van der Waals surface area contributed by atoms with Crippen LogP contribution in [0.4, 0.5) is 0 Å². The first kappa shape index (κ1) is 18.1. The molecule has 1 atom stereocenters. The molecule has 24 heavy (non-hydrogen) atoms. The average Bonchev–Trinajstić information content (AvgIpc) is 2.64. The molecule has 0 radical (unpaired) electrons. The summed E-state index contributed by atoms with van der Waals surface area (Å²) in [6.07, 6.45) is 3.11. The number of nitrogens with one attached hydrogen (secondary N) is 1. The third-order valence-electron chi connectivity index (χ3n) is 4.06. The number of ether oxygens (including phenoxy) is 1. The molecule has 0 aliphatic heterocycles. The average molecular weight is 325 g/mol. The number of hydrogen-bond acceptors (Lipinski definition) is 2. The van der Waals surface area contributed by atoms with E-state index in [2.05, 4.69) is 24.4 Å². The number of rotatable bonds is 9. The minimum absolute atomic E-state index is 0.0369.